The van der Waals surface area contributed by atoms with Gasteiger partial charge < -0.3 is 5.73 Å². The van der Waals surface area contributed by atoms with Crippen LogP contribution in [0, 0.1) is 6.92 Å². The maximum atomic E-state index is 11.8. The molecular formula is C11H11N3O2S3. The lowest BCUT2D eigenvalue weighted by molar-refractivity contribution is -0.115. The first-order valence-corrected chi connectivity index (χ1v) is 8.03. The molecule has 0 radical (unpaired) electrons. The Morgan fingerprint density at radius 1 is 1.53 bits per heavy atom. The van der Waals surface area contributed by atoms with Gasteiger partial charge in [0.05, 0.1) is 21.2 Å². The van der Waals surface area contributed by atoms with E-state index in [1.54, 1.807) is 11.4 Å². The van der Waals surface area contributed by atoms with Gasteiger partial charge in [0.15, 0.2) is 5.13 Å². The molecule has 0 fully saturated rings. The van der Waals surface area contributed by atoms with Crippen LogP contribution in [0.4, 0.5) is 5.13 Å². The van der Waals surface area contributed by atoms with Crippen LogP contribution in [0.3, 0.4) is 0 Å². The van der Waals surface area contributed by atoms with Gasteiger partial charge in [-0.05, 0) is 18.4 Å². The number of carbonyl (C=O) groups is 2. The molecule has 2 heterocycles. The largest absolute Gasteiger partial charge is 0.369 e. The minimum absolute atomic E-state index is 0.179. The number of thioether (sulfide) groups is 1. The molecule has 2 aromatic rings. The van der Waals surface area contributed by atoms with Gasteiger partial charge >= 0.3 is 0 Å². The average molecular weight is 313 g/mol. The van der Waals surface area contributed by atoms with Crippen LogP contribution in [-0.4, -0.2) is 22.6 Å². The van der Waals surface area contributed by atoms with Gasteiger partial charge in [0.25, 0.3) is 5.91 Å². The molecule has 0 atom stereocenters. The third kappa shape index (κ3) is 3.79. The van der Waals surface area contributed by atoms with Gasteiger partial charge in [-0.15, -0.1) is 11.8 Å². The van der Waals surface area contributed by atoms with Crippen molar-refractivity contribution in [2.45, 2.75) is 11.1 Å². The van der Waals surface area contributed by atoms with Crippen LogP contribution < -0.4 is 11.1 Å². The number of hydrogen-bond acceptors (Lipinski definition) is 6. The maximum Gasteiger partial charge on any atom is 0.258 e. The van der Waals surface area contributed by atoms with E-state index in [0.717, 1.165) is 9.90 Å². The van der Waals surface area contributed by atoms with E-state index in [1.807, 2.05) is 12.3 Å². The number of aryl methyl sites for hydroxylation is 1. The zero-order valence-electron chi connectivity index (χ0n) is 10.0. The maximum absolute atomic E-state index is 11.8. The van der Waals surface area contributed by atoms with Crippen molar-refractivity contribution in [3.63, 3.8) is 0 Å². The lowest BCUT2D eigenvalue weighted by atomic mass is 10.3. The first-order valence-electron chi connectivity index (χ1n) is 5.28. The van der Waals surface area contributed by atoms with Crippen molar-refractivity contribution in [1.29, 1.82) is 0 Å². The van der Waals surface area contributed by atoms with E-state index >= 15 is 0 Å². The van der Waals surface area contributed by atoms with E-state index in [4.69, 9.17) is 5.73 Å². The smallest absolute Gasteiger partial charge is 0.258 e. The first-order chi connectivity index (χ1) is 9.06. The van der Waals surface area contributed by atoms with Crippen LogP contribution in [0.15, 0.2) is 21.0 Å². The average Bonchev–Trinajstić information content (AvgIpc) is 2.96. The van der Waals surface area contributed by atoms with Gasteiger partial charge in [0, 0.05) is 5.38 Å². The standard InChI is InChI=1S/C11H11N3O2S3/c1-6-10(18-5-8(12)15)19-11(13-6)14-9(16)7-2-3-17-4-7/h2-4H,5H2,1H3,(H2,12,15)(H,13,14,16). The molecule has 2 aromatic heterocycles. The summed E-state index contributed by atoms with van der Waals surface area (Å²) in [6, 6.07) is 1.75. The number of thiazole rings is 1. The van der Waals surface area contributed by atoms with Crippen molar-refractivity contribution in [1.82, 2.24) is 4.98 Å². The van der Waals surface area contributed by atoms with Crippen LogP contribution in [0.25, 0.3) is 0 Å². The SMILES string of the molecule is Cc1nc(NC(=O)c2ccsc2)sc1SCC(N)=O. The number of aromatic nitrogens is 1. The van der Waals surface area contributed by atoms with Crippen molar-refractivity contribution >= 4 is 51.4 Å². The fourth-order valence-corrected chi connectivity index (χ4v) is 3.78. The minimum Gasteiger partial charge on any atom is -0.369 e. The summed E-state index contributed by atoms with van der Waals surface area (Å²) in [6.45, 7) is 1.83. The summed E-state index contributed by atoms with van der Waals surface area (Å²) in [5.41, 5.74) is 6.50. The number of primary amides is 1. The number of anilines is 1. The lowest BCUT2D eigenvalue weighted by Gasteiger charge is -1.97. The van der Waals surface area contributed by atoms with E-state index in [2.05, 4.69) is 10.3 Å². The number of hydrogen-bond donors (Lipinski definition) is 2. The van der Waals surface area contributed by atoms with E-state index in [9.17, 15) is 9.59 Å². The zero-order chi connectivity index (χ0) is 13.8. The van der Waals surface area contributed by atoms with Gasteiger partial charge in [0.1, 0.15) is 0 Å². The molecule has 2 amide bonds. The molecule has 19 heavy (non-hydrogen) atoms. The quantitative estimate of drug-likeness (QED) is 0.830. The highest BCUT2D eigenvalue weighted by Crippen LogP contribution is 2.32. The summed E-state index contributed by atoms with van der Waals surface area (Å²) in [6.07, 6.45) is 0. The molecular weight excluding hydrogens is 302 g/mol. The Balaban J connectivity index is 2.03. The Labute approximate surface area is 122 Å². The molecule has 0 bridgehead atoms. The summed E-state index contributed by atoms with van der Waals surface area (Å²) in [4.78, 5) is 26.8. The number of nitrogens with two attached hydrogens (primary N) is 1. The van der Waals surface area contributed by atoms with Gasteiger partial charge in [-0.1, -0.05) is 11.3 Å². The molecule has 2 rings (SSSR count). The Morgan fingerprint density at radius 2 is 2.32 bits per heavy atom. The first kappa shape index (κ1) is 14.0. The van der Waals surface area contributed by atoms with E-state index in [0.29, 0.717) is 10.7 Å². The van der Waals surface area contributed by atoms with Gasteiger partial charge in [-0.2, -0.15) is 11.3 Å². The van der Waals surface area contributed by atoms with Crippen molar-refractivity contribution in [3.05, 3.63) is 28.1 Å². The number of thiophene rings is 1. The topological polar surface area (TPSA) is 85.1 Å². The summed E-state index contributed by atoms with van der Waals surface area (Å²) in [5.74, 6) is -0.343. The molecule has 100 valence electrons. The lowest BCUT2D eigenvalue weighted by Crippen LogP contribution is -2.12. The molecule has 5 nitrogen and oxygen atoms in total. The van der Waals surface area contributed by atoms with Crippen LogP contribution in [-0.2, 0) is 4.79 Å². The van der Waals surface area contributed by atoms with Crippen molar-refractivity contribution in [3.8, 4) is 0 Å². The number of nitrogens with one attached hydrogen (secondary N) is 1. The highest BCUT2D eigenvalue weighted by atomic mass is 32.2. The van der Waals surface area contributed by atoms with Crippen molar-refractivity contribution < 1.29 is 9.59 Å². The molecule has 0 saturated carbocycles. The number of rotatable bonds is 5. The molecule has 0 saturated heterocycles. The Bertz CT molecular complexity index is 592. The van der Waals surface area contributed by atoms with E-state index < -0.39 is 0 Å². The molecule has 0 aliphatic heterocycles. The van der Waals surface area contributed by atoms with Crippen LogP contribution in [0.5, 0.6) is 0 Å². The molecule has 0 aliphatic rings. The molecule has 0 unspecified atom stereocenters. The van der Waals surface area contributed by atoms with Crippen LogP contribution in [0.2, 0.25) is 0 Å². The second-order valence-electron chi connectivity index (χ2n) is 3.61. The third-order valence-electron chi connectivity index (χ3n) is 2.10. The molecule has 3 N–H and O–H groups in total. The number of carbonyl (C=O) groups excluding carboxylic acids is 2. The predicted octanol–water partition coefficient (Wildman–Crippen LogP) is 2.34. The van der Waals surface area contributed by atoms with E-state index in [1.165, 1.54) is 34.4 Å². The minimum atomic E-state index is -0.373. The normalized spacial score (nSPS) is 10.4. The highest BCUT2D eigenvalue weighted by Gasteiger charge is 2.13. The third-order valence-corrected chi connectivity index (χ3v) is 5.24. The summed E-state index contributed by atoms with van der Waals surface area (Å²) >= 11 is 4.14. The molecule has 0 aliphatic carbocycles. The molecule has 8 heteroatoms. The summed E-state index contributed by atoms with van der Waals surface area (Å²) < 4.78 is 0.888. The van der Waals surface area contributed by atoms with Crippen LogP contribution >= 0.6 is 34.4 Å². The monoisotopic (exact) mass is 313 g/mol. The second-order valence-corrected chi connectivity index (χ2v) is 6.64. The Morgan fingerprint density at radius 3 is 2.95 bits per heavy atom. The van der Waals surface area contributed by atoms with Crippen molar-refractivity contribution in [2.24, 2.45) is 5.73 Å². The van der Waals surface area contributed by atoms with Gasteiger partial charge in [-0.25, -0.2) is 4.98 Å². The predicted molar refractivity (Wildman–Crippen MR) is 79.0 cm³/mol. The van der Waals surface area contributed by atoms with Crippen LogP contribution in [0.1, 0.15) is 16.1 Å². The Hall–Kier alpha value is -1.38. The van der Waals surface area contributed by atoms with E-state index in [-0.39, 0.29) is 17.6 Å². The zero-order valence-corrected chi connectivity index (χ0v) is 12.5. The Kier molecular flexibility index (Phi) is 4.56. The number of nitrogens with zero attached hydrogens (tertiary/aromatic N) is 1. The highest BCUT2D eigenvalue weighted by molar-refractivity contribution is 8.01. The second kappa shape index (κ2) is 6.18. The van der Waals surface area contributed by atoms with Gasteiger partial charge in [-0.3, -0.25) is 14.9 Å². The number of amides is 2. The van der Waals surface area contributed by atoms with Gasteiger partial charge in [0.2, 0.25) is 5.91 Å². The molecule has 0 aromatic carbocycles. The fraction of sp³-hybridized carbons (Fsp3) is 0.182. The molecule has 0 spiro atoms. The summed E-state index contributed by atoms with van der Waals surface area (Å²) in [7, 11) is 0. The fourth-order valence-electron chi connectivity index (χ4n) is 1.27. The summed E-state index contributed by atoms with van der Waals surface area (Å²) in [5, 5.41) is 6.89. The van der Waals surface area contributed by atoms with Crippen molar-refractivity contribution in [2.75, 3.05) is 11.1 Å².